The van der Waals surface area contributed by atoms with E-state index in [1.54, 1.807) is 18.4 Å². The van der Waals surface area contributed by atoms with Gasteiger partial charge in [-0.05, 0) is 6.42 Å². The van der Waals surface area contributed by atoms with E-state index in [4.69, 9.17) is 0 Å². The van der Waals surface area contributed by atoms with Gasteiger partial charge in [-0.3, -0.25) is 4.99 Å². The Balaban J connectivity index is 1.82. The molecule has 0 amide bonds. The first-order chi connectivity index (χ1) is 10.8. The number of aromatic nitrogens is 1. The molecule has 1 aromatic carbocycles. The highest BCUT2D eigenvalue weighted by atomic mass is 32.1. The molecule has 0 fully saturated rings. The smallest absolute Gasteiger partial charge is 0.191 e. The van der Waals surface area contributed by atoms with Crippen LogP contribution in [-0.4, -0.2) is 24.5 Å². The fourth-order valence-corrected chi connectivity index (χ4v) is 2.84. The minimum Gasteiger partial charge on any atom is -0.356 e. The van der Waals surface area contributed by atoms with E-state index in [0.717, 1.165) is 28.8 Å². The standard InChI is InChI=1S/C17H24N4S/c1-3-4-8-11-19-17(18-2)20-12-16-21-15(13-22-16)14-9-6-5-7-10-14/h5-7,9-10,13H,3-4,8,11-12H2,1-2H3,(H2,18,19,20). The number of rotatable bonds is 7. The van der Waals surface area contributed by atoms with Gasteiger partial charge >= 0.3 is 0 Å². The molecule has 118 valence electrons. The zero-order valence-corrected chi connectivity index (χ0v) is 14.1. The summed E-state index contributed by atoms with van der Waals surface area (Å²) in [5.74, 6) is 0.840. The van der Waals surface area contributed by atoms with Gasteiger partial charge in [0.25, 0.3) is 0 Å². The molecule has 22 heavy (non-hydrogen) atoms. The maximum absolute atomic E-state index is 4.67. The molecule has 0 atom stereocenters. The van der Waals surface area contributed by atoms with Crippen LogP contribution in [0.1, 0.15) is 31.2 Å². The maximum Gasteiger partial charge on any atom is 0.191 e. The van der Waals surface area contributed by atoms with Gasteiger partial charge in [0.05, 0.1) is 12.2 Å². The Hall–Kier alpha value is -1.88. The summed E-state index contributed by atoms with van der Waals surface area (Å²) in [5.41, 5.74) is 2.19. The van der Waals surface area contributed by atoms with Gasteiger partial charge in [0.2, 0.25) is 0 Å². The van der Waals surface area contributed by atoms with Crippen LogP contribution in [0.4, 0.5) is 0 Å². The van der Waals surface area contributed by atoms with Crippen molar-refractivity contribution in [3.8, 4) is 11.3 Å². The fraction of sp³-hybridized carbons (Fsp3) is 0.412. The first kappa shape index (κ1) is 16.5. The number of nitrogens with zero attached hydrogens (tertiary/aromatic N) is 2. The van der Waals surface area contributed by atoms with Crippen molar-refractivity contribution >= 4 is 17.3 Å². The Morgan fingerprint density at radius 3 is 2.73 bits per heavy atom. The third-order valence-electron chi connectivity index (χ3n) is 3.32. The van der Waals surface area contributed by atoms with Crippen LogP contribution in [0.25, 0.3) is 11.3 Å². The maximum atomic E-state index is 4.67. The summed E-state index contributed by atoms with van der Waals surface area (Å²) >= 11 is 1.67. The van der Waals surface area contributed by atoms with Crippen LogP contribution in [0.15, 0.2) is 40.7 Å². The molecule has 0 saturated carbocycles. The Morgan fingerprint density at radius 2 is 2.00 bits per heavy atom. The lowest BCUT2D eigenvalue weighted by molar-refractivity contribution is 0.682. The van der Waals surface area contributed by atoms with Crippen LogP contribution in [0, 0.1) is 0 Å². The summed E-state index contributed by atoms with van der Waals surface area (Å²) in [6.07, 6.45) is 3.65. The molecule has 1 heterocycles. The summed E-state index contributed by atoms with van der Waals surface area (Å²) in [5, 5.41) is 9.81. The van der Waals surface area contributed by atoms with E-state index < -0.39 is 0 Å². The van der Waals surface area contributed by atoms with Crippen LogP contribution < -0.4 is 10.6 Å². The molecule has 0 unspecified atom stereocenters. The van der Waals surface area contributed by atoms with Crippen LogP contribution in [-0.2, 0) is 6.54 Å². The van der Waals surface area contributed by atoms with E-state index in [2.05, 4.69) is 45.0 Å². The minimum absolute atomic E-state index is 0.699. The number of benzene rings is 1. The third kappa shape index (κ3) is 5.15. The van der Waals surface area contributed by atoms with E-state index in [0.29, 0.717) is 6.54 Å². The number of guanidine groups is 1. The first-order valence-electron chi connectivity index (χ1n) is 7.77. The molecular weight excluding hydrogens is 292 g/mol. The lowest BCUT2D eigenvalue weighted by Crippen LogP contribution is -2.37. The second kappa shape index (κ2) is 9.20. The number of hydrogen-bond donors (Lipinski definition) is 2. The van der Waals surface area contributed by atoms with Crippen molar-refractivity contribution in [3.05, 3.63) is 40.7 Å². The highest BCUT2D eigenvalue weighted by molar-refractivity contribution is 7.09. The number of nitrogens with one attached hydrogen (secondary N) is 2. The van der Waals surface area contributed by atoms with E-state index >= 15 is 0 Å². The average Bonchev–Trinajstić information content (AvgIpc) is 3.04. The molecule has 1 aromatic heterocycles. The van der Waals surface area contributed by atoms with Gasteiger partial charge in [-0.15, -0.1) is 11.3 Å². The van der Waals surface area contributed by atoms with Gasteiger partial charge in [0.15, 0.2) is 5.96 Å². The molecule has 2 N–H and O–H groups in total. The molecule has 0 aliphatic carbocycles. The van der Waals surface area contributed by atoms with Crippen molar-refractivity contribution in [1.29, 1.82) is 0 Å². The molecule has 0 aliphatic rings. The van der Waals surface area contributed by atoms with Gasteiger partial charge in [0.1, 0.15) is 5.01 Å². The molecule has 2 rings (SSSR count). The second-order valence-corrected chi connectivity index (χ2v) is 5.99. The fourth-order valence-electron chi connectivity index (χ4n) is 2.10. The number of unbranched alkanes of at least 4 members (excludes halogenated alkanes) is 2. The van der Waals surface area contributed by atoms with Gasteiger partial charge < -0.3 is 10.6 Å². The molecule has 0 radical (unpaired) electrons. The van der Waals surface area contributed by atoms with Crippen molar-refractivity contribution in [2.24, 2.45) is 4.99 Å². The largest absolute Gasteiger partial charge is 0.356 e. The first-order valence-corrected chi connectivity index (χ1v) is 8.65. The van der Waals surface area contributed by atoms with E-state index in [9.17, 15) is 0 Å². The topological polar surface area (TPSA) is 49.3 Å². The second-order valence-electron chi connectivity index (χ2n) is 5.05. The molecule has 4 nitrogen and oxygen atoms in total. The highest BCUT2D eigenvalue weighted by Crippen LogP contribution is 2.21. The monoisotopic (exact) mass is 316 g/mol. The molecule has 0 saturated heterocycles. The zero-order chi connectivity index (χ0) is 15.6. The van der Waals surface area contributed by atoms with E-state index in [-0.39, 0.29) is 0 Å². The van der Waals surface area contributed by atoms with Crippen molar-refractivity contribution in [2.75, 3.05) is 13.6 Å². The SMILES string of the molecule is CCCCCNC(=NC)NCc1nc(-c2ccccc2)cs1. The Kier molecular flexibility index (Phi) is 6.90. The normalized spacial score (nSPS) is 11.5. The number of hydrogen-bond acceptors (Lipinski definition) is 3. The summed E-state index contributed by atoms with van der Waals surface area (Å²) in [6, 6.07) is 10.3. The van der Waals surface area contributed by atoms with Crippen LogP contribution in [0.5, 0.6) is 0 Å². The van der Waals surface area contributed by atoms with E-state index in [1.807, 2.05) is 18.2 Å². The van der Waals surface area contributed by atoms with Crippen molar-refractivity contribution in [1.82, 2.24) is 15.6 Å². The molecular formula is C17H24N4S. The molecule has 5 heteroatoms. The van der Waals surface area contributed by atoms with Crippen LogP contribution in [0.3, 0.4) is 0 Å². The highest BCUT2D eigenvalue weighted by Gasteiger charge is 2.05. The Morgan fingerprint density at radius 1 is 1.18 bits per heavy atom. The van der Waals surface area contributed by atoms with Gasteiger partial charge in [-0.1, -0.05) is 50.1 Å². The number of aliphatic imine (C=N–C) groups is 1. The Labute approximate surface area is 136 Å². The van der Waals surface area contributed by atoms with Gasteiger partial charge in [0, 0.05) is 24.5 Å². The van der Waals surface area contributed by atoms with Crippen LogP contribution >= 0.6 is 11.3 Å². The van der Waals surface area contributed by atoms with Crippen molar-refractivity contribution in [3.63, 3.8) is 0 Å². The lowest BCUT2D eigenvalue weighted by Gasteiger charge is -2.10. The molecule has 2 aromatic rings. The quantitative estimate of drug-likeness (QED) is 0.465. The van der Waals surface area contributed by atoms with E-state index in [1.165, 1.54) is 19.3 Å². The Bertz CT molecular complexity index is 577. The zero-order valence-electron chi connectivity index (χ0n) is 13.3. The molecule has 0 spiro atoms. The van der Waals surface area contributed by atoms with Crippen molar-refractivity contribution in [2.45, 2.75) is 32.7 Å². The summed E-state index contributed by atoms with van der Waals surface area (Å²) in [7, 11) is 1.80. The average molecular weight is 316 g/mol. The molecule has 0 aliphatic heterocycles. The number of thiazole rings is 1. The third-order valence-corrected chi connectivity index (χ3v) is 4.17. The predicted molar refractivity (Wildman–Crippen MR) is 95.3 cm³/mol. The predicted octanol–water partition coefficient (Wildman–Crippen LogP) is 3.67. The summed E-state index contributed by atoms with van der Waals surface area (Å²) < 4.78 is 0. The molecule has 0 bridgehead atoms. The van der Waals surface area contributed by atoms with Crippen LogP contribution in [0.2, 0.25) is 0 Å². The van der Waals surface area contributed by atoms with Crippen molar-refractivity contribution < 1.29 is 0 Å². The van der Waals surface area contributed by atoms with Gasteiger partial charge in [-0.25, -0.2) is 4.98 Å². The summed E-state index contributed by atoms with van der Waals surface area (Å²) in [6.45, 7) is 3.87. The lowest BCUT2D eigenvalue weighted by atomic mass is 10.2. The van der Waals surface area contributed by atoms with Gasteiger partial charge in [-0.2, -0.15) is 0 Å². The summed E-state index contributed by atoms with van der Waals surface area (Å²) in [4.78, 5) is 8.91. The minimum atomic E-state index is 0.699.